The minimum absolute atomic E-state index is 0.650. The standard InChI is InChI=1S/C11H21N3O/c1-9-6-10(14(5)12-9)7-13(4)8-11(2,3)15/h6,15H,7-8H2,1-5H3. The zero-order chi connectivity index (χ0) is 11.6. The van der Waals surface area contributed by atoms with Gasteiger partial charge in [0.05, 0.1) is 17.0 Å². The molecule has 15 heavy (non-hydrogen) atoms. The molecule has 0 aromatic carbocycles. The molecule has 0 atom stereocenters. The lowest BCUT2D eigenvalue weighted by Crippen LogP contribution is -2.36. The molecule has 0 bridgehead atoms. The van der Waals surface area contributed by atoms with Crippen LogP contribution in [0.1, 0.15) is 25.2 Å². The van der Waals surface area contributed by atoms with Crippen molar-refractivity contribution in [2.45, 2.75) is 32.9 Å². The summed E-state index contributed by atoms with van der Waals surface area (Å²) in [4.78, 5) is 2.09. The Kier molecular flexibility index (Phi) is 3.52. The van der Waals surface area contributed by atoms with Crippen molar-refractivity contribution in [3.05, 3.63) is 17.5 Å². The molecule has 0 aliphatic heterocycles. The van der Waals surface area contributed by atoms with Gasteiger partial charge in [0.25, 0.3) is 0 Å². The van der Waals surface area contributed by atoms with E-state index in [4.69, 9.17) is 0 Å². The van der Waals surface area contributed by atoms with Crippen LogP contribution in [0, 0.1) is 6.92 Å². The Morgan fingerprint density at radius 3 is 2.53 bits per heavy atom. The van der Waals surface area contributed by atoms with Gasteiger partial charge in [-0.1, -0.05) is 0 Å². The Hall–Kier alpha value is -0.870. The molecular formula is C11H21N3O. The summed E-state index contributed by atoms with van der Waals surface area (Å²) in [6.45, 7) is 7.08. The molecule has 0 aliphatic rings. The molecule has 0 amide bonds. The van der Waals surface area contributed by atoms with E-state index in [1.165, 1.54) is 5.69 Å². The van der Waals surface area contributed by atoms with Crippen LogP contribution in [-0.2, 0) is 13.6 Å². The SMILES string of the molecule is Cc1cc(CN(C)CC(C)(C)O)n(C)n1. The number of aromatic nitrogens is 2. The minimum atomic E-state index is -0.650. The van der Waals surface area contributed by atoms with Crippen LogP contribution in [0.15, 0.2) is 6.07 Å². The van der Waals surface area contributed by atoms with Crippen molar-refractivity contribution < 1.29 is 5.11 Å². The van der Waals surface area contributed by atoms with Crippen LogP contribution in [-0.4, -0.2) is 39.0 Å². The lowest BCUT2D eigenvalue weighted by atomic mass is 10.1. The Morgan fingerprint density at radius 2 is 2.13 bits per heavy atom. The molecule has 0 radical (unpaired) electrons. The van der Waals surface area contributed by atoms with Crippen molar-refractivity contribution in [3.63, 3.8) is 0 Å². The molecule has 4 heteroatoms. The summed E-state index contributed by atoms with van der Waals surface area (Å²) in [5.41, 5.74) is 1.55. The van der Waals surface area contributed by atoms with Crippen LogP contribution in [0.2, 0.25) is 0 Å². The second-order valence-electron chi connectivity index (χ2n) is 4.89. The van der Waals surface area contributed by atoms with Gasteiger partial charge in [-0.05, 0) is 33.9 Å². The number of hydrogen-bond donors (Lipinski definition) is 1. The largest absolute Gasteiger partial charge is 0.389 e. The molecule has 0 unspecified atom stereocenters. The number of hydrogen-bond acceptors (Lipinski definition) is 3. The van der Waals surface area contributed by atoms with E-state index in [9.17, 15) is 5.11 Å². The molecule has 1 heterocycles. The predicted molar refractivity (Wildman–Crippen MR) is 60.6 cm³/mol. The number of rotatable bonds is 4. The molecular weight excluding hydrogens is 190 g/mol. The molecule has 0 aliphatic carbocycles. The van der Waals surface area contributed by atoms with E-state index in [1.54, 1.807) is 0 Å². The van der Waals surface area contributed by atoms with E-state index >= 15 is 0 Å². The second kappa shape index (κ2) is 4.33. The van der Waals surface area contributed by atoms with Crippen LogP contribution in [0.5, 0.6) is 0 Å². The monoisotopic (exact) mass is 211 g/mol. The fourth-order valence-electron chi connectivity index (χ4n) is 1.81. The molecule has 1 aromatic rings. The van der Waals surface area contributed by atoms with Crippen molar-refractivity contribution in [1.82, 2.24) is 14.7 Å². The van der Waals surface area contributed by atoms with Crippen molar-refractivity contribution >= 4 is 0 Å². The second-order valence-corrected chi connectivity index (χ2v) is 4.89. The summed E-state index contributed by atoms with van der Waals surface area (Å²) in [6, 6.07) is 2.07. The maximum absolute atomic E-state index is 9.68. The fraction of sp³-hybridized carbons (Fsp3) is 0.727. The highest BCUT2D eigenvalue weighted by atomic mass is 16.3. The van der Waals surface area contributed by atoms with Crippen molar-refractivity contribution in [3.8, 4) is 0 Å². The highest BCUT2D eigenvalue weighted by molar-refractivity contribution is 5.08. The van der Waals surface area contributed by atoms with Crippen molar-refractivity contribution in [2.24, 2.45) is 7.05 Å². The molecule has 1 rings (SSSR count). The van der Waals surface area contributed by atoms with Gasteiger partial charge in [0.2, 0.25) is 0 Å². The van der Waals surface area contributed by atoms with Gasteiger partial charge in [0.15, 0.2) is 0 Å². The highest BCUT2D eigenvalue weighted by Crippen LogP contribution is 2.08. The zero-order valence-electron chi connectivity index (χ0n) is 10.3. The van der Waals surface area contributed by atoms with E-state index in [0.29, 0.717) is 6.54 Å². The minimum Gasteiger partial charge on any atom is -0.389 e. The van der Waals surface area contributed by atoms with Crippen LogP contribution in [0.3, 0.4) is 0 Å². The van der Waals surface area contributed by atoms with E-state index in [-0.39, 0.29) is 0 Å². The summed E-state index contributed by atoms with van der Waals surface area (Å²) in [7, 11) is 3.95. The first-order valence-corrected chi connectivity index (χ1v) is 5.18. The first-order valence-electron chi connectivity index (χ1n) is 5.18. The number of likely N-dealkylation sites (N-methyl/N-ethyl adjacent to an activating group) is 1. The maximum atomic E-state index is 9.68. The third-order valence-corrected chi connectivity index (χ3v) is 2.19. The topological polar surface area (TPSA) is 41.3 Å². The number of aryl methyl sites for hydroxylation is 2. The molecule has 0 saturated heterocycles. The predicted octanol–water partition coefficient (Wildman–Crippen LogP) is 0.931. The van der Waals surface area contributed by atoms with Gasteiger partial charge in [-0.15, -0.1) is 0 Å². The van der Waals surface area contributed by atoms with Crippen molar-refractivity contribution in [1.29, 1.82) is 0 Å². The van der Waals surface area contributed by atoms with Gasteiger partial charge < -0.3 is 5.11 Å². The van der Waals surface area contributed by atoms with Crippen molar-refractivity contribution in [2.75, 3.05) is 13.6 Å². The fourth-order valence-corrected chi connectivity index (χ4v) is 1.81. The van der Waals surface area contributed by atoms with Gasteiger partial charge >= 0.3 is 0 Å². The molecule has 4 nitrogen and oxygen atoms in total. The summed E-state index contributed by atoms with van der Waals surface area (Å²) < 4.78 is 1.89. The zero-order valence-corrected chi connectivity index (χ0v) is 10.3. The van der Waals surface area contributed by atoms with Gasteiger partial charge in [-0.3, -0.25) is 9.58 Å². The maximum Gasteiger partial charge on any atom is 0.0718 e. The molecule has 1 aromatic heterocycles. The first-order chi connectivity index (χ1) is 6.78. The van der Waals surface area contributed by atoms with Crippen LogP contribution in [0.25, 0.3) is 0 Å². The average Bonchev–Trinajstić information content (AvgIpc) is 2.25. The molecule has 0 saturated carbocycles. The highest BCUT2D eigenvalue weighted by Gasteiger charge is 2.16. The lowest BCUT2D eigenvalue weighted by Gasteiger charge is -2.25. The number of nitrogens with zero attached hydrogens (tertiary/aromatic N) is 3. The van der Waals surface area contributed by atoms with Gasteiger partial charge in [-0.2, -0.15) is 5.10 Å². The van der Waals surface area contributed by atoms with Gasteiger partial charge in [0.1, 0.15) is 0 Å². The Morgan fingerprint density at radius 1 is 1.53 bits per heavy atom. The van der Waals surface area contributed by atoms with Crippen LogP contribution < -0.4 is 0 Å². The Bertz CT molecular complexity index is 325. The summed E-state index contributed by atoms with van der Waals surface area (Å²) >= 11 is 0. The Labute approximate surface area is 91.5 Å². The van der Waals surface area contributed by atoms with Gasteiger partial charge in [0, 0.05) is 20.1 Å². The smallest absolute Gasteiger partial charge is 0.0718 e. The molecule has 0 spiro atoms. The molecule has 0 fully saturated rings. The van der Waals surface area contributed by atoms with Crippen LogP contribution in [0.4, 0.5) is 0 Å². The van der Waals surface area contributed by atoms with E-state index in [1.807, 2.05) is 39.5 Å². The number of aliphatic hydroxyl groups is 1. The third-order valence-electron chi connectivity index (χ3n) is 2.19. The lowest BCUT2D eigenvalue weighted by molar-refractivity contribution is 0.0418. The summed E-state index contributed by atoms with van der Waals surface area (Å²) in [5, 5.41) is 14.0. The van der Waals surface area contributed by atoms with E-state index < -0.39 is 5.60 Å². The molecule has 86 valence electrons. The van der Waals surface area contributed by atoms with E-state index in [2.05, 4.69) is 16.1 Å². The average molecular weight is 211 g/mol. The third kappa shape index (κ3) is 4.01. The Balaban J connectivity index is 2.58. The molecule has 1 N–H and O–H groups in total. The van der Waals surface area contributed by atoms with Gasteiger partial charge in [-0.25, -0.2) is 0 Å². The summed E-state index contributed by atoms with van der Waals surface area (Å²) in [6.07, 6.45) is 0. The summed E-state index contributed by atoms with van der Waals surface area (Å²) in [5.74, 6) is 0. The quantitative estimate of drug-likeness (QED) is 0.805. The van der Waals surface area contributed by atoms with E-state index in [0.717, 1.165) is 12.2 Å². The first kappa shape index (κ1) is 12.2. The normalized spacial score (nSPS) is 12.5. The van der Waals surface area contributed by atoms with Crippen LogP contribution >= 0.6 is 0 Å².